The van der Waals surface area contributed by atoms with Crippen LogP contribution in [-0.4, -0.2) is 73.9 Å². The van der Waals surface area contributed by atoms with E-state index in [2.05, 4.69) is 20.1 Å². The number of hydrogen-bond acceptors (Lipinski definition) is 7. The molecule has 0 aliphatic carbocycles. The SMILES string of the molecule is CCS(=O)(=O)c1nn2c(C(=O)N(C)CC(F)(F)F)ccnc2c1-c1nc2cc(C(F)(F)F)cnc2n1C. The maximum Gasteiger partial charge on any atom is 0.417 e. The first kappa shape index (κ1) is 26.3. The van der Waals surface area contributed by atoms with E-state index in [1.165, 1.54) is 18.5 Å². The molecular weight excluding hydrogens is 532 g/mol. The smallest absolute Gasteiger partial charge is 0.331 e. The molecule has 0 fully saturated rings. The topological polar surface area (TPSA) is 115 Å². The number of rotatable bonds is 5. The number of alkyl halides is 6. The summed E-state index contributed by atoms with van der Waals surface area (Å²) in [7, 11) is -1.86. The van der Waals surface area contributed by atoms with Crippen LogP contribution in [0.25, 0.3) is 28.2 Å². The zero-order valence-corrected chi connectivity index (χ0v) is 20.1. The Labute approximate surface area is 204 Å². The van der Waals surface area contributed by atoms with E-state index in [0.717, 1.165) is 29.9 Å². The fraction of sp³-hybridized carbons (Fsp3) is 0.350. The van der Waals surface area contributed by atoms with Crippen molar-refractivity contribution in [3.05, 3.63) is 35.8 Å². The number of pyridine rings is 1. The molecule has 0 aromatic carbocycles. The van der Waals surface area contributed by atoms with Crippen LogP contribution in [0.15, 0.2) is 29.6 Å². The highest BCUT2D eigenvalue weighted by atomic mass is 32.2. The average Bonchev–Trinajstić information content (AvgIpc) is 3.34. The number of aromatic nitrogens is 6. The van der Waals surface area contributed by atoms with E-state index in [-0.39, 0.29) is 28.2 Å². The Kier molecular flexibility index (Phi) is 6.16. The highest BCUT2D eigenvalue weighted by Crippen LogP contribution is 2.35. The molecule has 198 valence electrons. The Morgan fingerprint density at radius 2 is 1.78 bits per heavy atom. The average molecular weight is 549 g/mol. The number of hydrogen-bond donors (Lipinski definition) is 0. The first-order valence-corrected chi connectivity index (χ1v) is 12.0. The second-order valence-corrected chi connectivity index (χ2v) is 10.2. The molecule has 37 heavy (non-hydrogen) atoms. The zero-order valence-electron chi connectivity index (χ0n) is 19.3. The number of fused-ring (bicyclic) bond motifs is 2. The van der Waals surface area contributed by atoms with Gasteiger partial charge >= 0.3 is 12.4 Å². The quantitative estimate of drug-likeness (QED) is 0.352. The van der Waals surface area contributed by atoms with Gasteiger partial charge in [-0.3, -0.25) is 4.79 Å². The number of amides is 1. The Balaban J connectivity index is 2.00. The zero-order chi connectivity index (χ0) is 27.5. The van der Waals surface area contributed by atoms with Gasteiger partial charge < -0.3 is 9.47 Å². The van der Waals surface area contributed by atoms with Gasteiger partial charge in [0.15, 0.2) is 26.2 Å². The normalized spacial score (nSPS) is 13.0. The molecule has 17 heteroatoms. The highest BCUT2D eigenvalue weighted by Gasteiger charge is 2.35. The summed E-state index contributed by atoms with van der Waals surface area (Å²) in [4.78, 5) is 25.2. The number of carbonyl (C=O) groups excluding carboxylic acids is 1. The van der Waals surface area contributed by atoms with E-state index >= 15 is 0 Å². The number of aryl methyl sites for hydroxylation is 1. The minimum atomic E-state index is -4.71. The van der Waals surface area contributed by atoms with E-state index < -0.39 is 56.7 Å². The minimum absolute atomic E-state index is 0.0145. The summed E-state index contributed by atoms with van der Waals surface area (Å²) in [5.41, 5.74) is -2.23. The fourth-order valence-electron chi connectivity index (χ4n) is 3.63. The maximum atomic E-state index is 13.2. The van der Waals surface area contributed by atoms with E-state index in [1.54, 1.807) is 0 Å². The molecule has 0 N–H and O–H groups in total. The molecule has 0 radical (unpaired) electrons. The predicted octanol–water partition coefficient (Wildman–Crippen LogP) is 3.12. The first-order chi connectivity index (χ1) is 17.0. The first-order valence-electron chi connectivity index (χ1n) is 10.4. The number of imidazole rings is 1. The lowest BCUT2D eigenvalue weighted by Gasteiger charge is -2.19. The molecule has 0 aliphatic rings. The molecule has 0 bridgehead atoms. The van der Waals surface area contributed by atoms with Crippen molar-refractivity contribution in [3.8, 4) is 11.4 Å². The number of nitrogens with zero attached hydrogens (tertiary/aromatic N) is 7. The van der Waals surface area contributed by atoms with Crippen molar-refractivity contribution < 1.29 is 39.6 Å². The maximum absolute atomic E-state index is 13.2. The van der Waals surface area contributed by atoms with Crippen molar-refractivity contribution in [2.24, 2.45) is 7.05 Å². The van der Waals surface area contributed by atoms with Crippen molar-refractivity contribution in [1.29, 1.82) is 0 Å². The standard InChI is InChI=1S/C20H17F6N7O3S/c1-4-37(35,36)17-13(16-29-11-7-10(20(24,25)26)8-28-14(11)32(16)3)15-27-6-5-12(33(15)30-17)18(34)31(2)9-19(21,22)23/h5-8H,4,9H2,1-3H3. The van der Waals surface area contributed by atoms with E-state index in [1.807, 2.05) is 0 Å². The summed E-state index contributed by atoms with van der Waals surface area (Å²) in [6.07, 6.45) is -7.74. The number of sulfone groups is 1. The summed E-state index contributed by atoms with van der Waals surface area (Å²) >= 11 is 0. The fourth-order valence-corrected chi connectivity index (χ4v) is 4.60. The molecular formula is C20H17F6N7O3S. The lowest BCUT2D eigenvalue weighted by Crippen LogP contribution is -2.36. The lowest BCUT2D eigenvalue weighted by atomic mass is 10.2. The molecule has 0 saturated carbocycles. The lowest BCUT2D eigenvalue weighted by molar-refractivity contribution is -0.138. The van der Waals surface area contributed by atoms with Gasteiger partial charge in [-0.2, -0.15) is 31.4 Å². The van der Waals surface area contributed by atoms with Gasteiger partial charge in [0.2, 0.25) is 0 Å². The van der Waals surface area contributed by atoms with Crippen molar-refractivity contribution in [3.63, 3.8) is 0 Å². The summed E-state index contributed by atoms with van der Waals surface area (Å²) in [5, 5.41) is 3.38. The molecule has 4 aromatic heterocycles. The molecule has 1 amide bonds. The summed E-state index contributed by atoms with van der Waals surface area (Å²) in [6.45, 7) is -0.270. The largest absolute Gasteiger partial charge is 0.417 e. The van der Waals surface area contributed by atoms with Crippen LogP contribution < -0.4 is 0 Å². The molecule has 0 saturated heterocycles. The van der Waals surface area contributed by atoms with Gasteiger partial charge in [-0.05, 0) is 12.1 Å². The van der Waals surface area contributed by atoms with Crippen LogP contribution in [0, 0.1) is 0 Å². The molecule has 0 unspecified atom stereocenters. The molecule has 4 rings (SSSR count). The van der Waals surface area contributed by atoms with Crippen molar-refractivity contribution in [2.45, 2.75) is 24.3 Å². The van der Waals surface area contributed by atoms with Gasteiger partial charge in [0.1, 0.15) is 29.1 Å². The minimum Gasteiger partial charge on any atom is -0.331 e. The molecule has 0 atom stereocenters. The second-order valence-electron chi connectivity index (χ2n) is 7.98. The van der Waals surface area contributed by atoms with Gasteiger partial charge in [0, 0.05) is 26.5 Å². The third kappa shape index (κ3) is 4.70. The predicted molar refractivity (Wildman–Crippen MR) is 116 cm³/mol. The van der Waals surface area contributed by atoms with Crippen LogP contribution >= 0.6 is 0 Å². The third-order valence-electron chi connectivity index (χ3n) is 5.40. The summed E-state index contributed by atoms with van der Waals surface area (Å²) in [5.74, 6) is -1.76. The van der Waals surface area contributed by atoms with Gasteiger partial charge in [-0.25, -0.2) is 27.9 Å². The van der Waals surface area contributed by atoms with Gasteiger partial charge in [0.25, 0.3) is 5.91 Å². The molecule has 4 heterocycles. The number of carbonyl (C=O) groups is 1. The number of halogens is 6. The summed E-state index contributed by atoms with van der Waals surface area (Å²) < 4.78 is 106. The molecule has 0 spiro atoms. The molecule has 4 aromatic rings. The van der Waals surface area contributed by atoms with Crippen molar-refractivity contribution in [1.82, 2.24) is 34.0 Å². The van der Waals surface area contributed by atoms with Crippen LogP contribution in [0.5, 0.6) is 0 Å². The van der Waals surface area contributed by atoms with E-state index in [0.29, 0.717) is 11.1 Å². The Morgan fingerprint density at radius 1 is 1.11 bits per heavy atom. The third-order valence-corrected chi connectivity index (χ3v) is 7.04. The van der Waals surface area contributed by atoms with E-state index in [9.17, 15) is 39.6 Å². The van der Waals surface area contributed by atoms with E-state index in [4.69, 9.17) is 0 Å². The monoisotopic (exact) mass is 549 g/mol. The van der Waals surface area contributed by atoms with Crippen molar-refractivity contribution >= 4 is 32.6 Å². The van der Waals surface area contributed by atoms with Crippen LogP contribution in [0.2, 0.25) is 0 Å². The van der Waals surface area contributed by atoms with Crippen LogP contribution in [-0.2, 0) is 23.1 Å². The Morgan fingerprint density at radius 3 is 2.38 bits per heavy atom. The summed E-state index contributed by atoms with van der Waals surface area (Å²) in [6, 6.07) is 1.80. The van der Waals surface area contributed by atoms with Gasteiger partial charge in [-0.15, -0.1) is 0 Å². The molecule has 0 aliphatic heterocycles. The van der Waals surface area contributed by atoms with Gasteiger partial charge in [-0.1, -0.05) is 6.92 Å². The van der Waals surface area contributed by atoms with Gasteiger partial charge in [0.05, 0.1) is 11.3 Å². The molecule has 10 nitrogen and oxygen atoms in total. The van der Waals surface area contributed by atoms with Crippen molar-refractivity contribution in [2.75, 3.05) is 19.3 Å². The van der Waals surface area contributed by atoms with Crippen LogP contribution in [0.4, 0.5) is 26.3 Å². The second kappa shape index (κ2) is 8.67. The highest BCUT2D eigenvalue weighted by molar-refractivity contribution is 7.91. The Bertz CT molecular complexity index is 1640. The Hall–Kier alpha value is -3.76. The van der Waals surface area contributed by atoms with Crippen LogP contribution in [0.1, 0.15) is 23.0 Å². The van der Waals surface area contributed by atoms with Crippen LogP contribution in [0.3, 0.4) is 0 Å².